The zero-order valence-electron chi connectivity index (χ0n) is 13.8. The first-order valence-electron chi connectivity index (χ1n) is 7.48. The number of carbonyl (C=O) groups excluding carboxylic acids is 2. The van der Waals surface area contributed by atoms with Crippen molar-refractivity contribution >= 4 is 28.1 Å². The summed E-state index contributed by atoms with van der Waals surface area (Å²) < 4.78 is 11.1. The van der Waals surface area contributed by atoms with Crippen LogP contribution in [0.1, 0.15) is 33.3 Å². The Hall–Kier alpha value is -1.76. The topological polar surface area (TPSA) is 67.9 Å². The van der Waals surface area contributed by atoms with Gasteiger partial charge in [-0.2, -0.15) is 0 Å². The van der Waals surface area contributed by atoms with Crippen LogP contribution in [0.4, 0.5) is 9.59 Å². The second-order valence-corrected chi connectivity index (χ2v) is 6.35. The van der Waals surface area contributed by atoms with Crippen LogP contribution in [0, 0.1) is 0 Å². The van der Waals surface area contributed by atoms with Crippen molar-refractivity contribution in [1.82, 2.24) is 10.4 Å². The molecule has 0 saturated carbocycles. The first kappa shape index (κ1) is 19.3. The fourth-order valence-corrected chi connectivity index (χ4v) is 2.23. The molecule has 1 aromatic rings. The fraction of sp³-hybridized carbons (Fsp3) is 0.500. The number of nitrogens with zero attached hydrogens (tertiary/aromatic N) is 1. The molecule has 1 aromatic carbocycles. The van der Waals surface area contributed by atoms with Gasteiger partial charge in [-0.3, -0.25) is 0 Å². The molecule has 0 aromatic heterocycles. The maximum Gasteiger partial charge on any atom is 0.429 e. The molecule has 0 bridgehead atoms. The van der Waals surface area contributed by atoms with E-state index in [2.05, 4.69) is 21.4 Å². The normalized spacial score (nSPS) is 10.6. The van der Waals surface area contributed by atoms with E-state index in [1.54, 1.807) is 27.7 Å². The molecular formula is C16H23BrN2O4. The van der Waals surface area contributed by atoms with E-state index in [9.17, 15) is 9.59 Å². The second-order valence-electron chi connectivity index (χ2n) is 5.49. The summed E-state index contributed by atoms with van der Waals surface area (Å²) in [6, 6.07) is 7.70. The average Bonchev–Trinajstić information content (AvgIpc) is 2.43. The molecular weight excluding hydrogens is 364 g/mol. The second kappa shape index (κ2) is 9.39. The molecule has 0 aliphatic heterocycles. The molecule has 0 unspecified atom stereocenters. The Kier molecular flexibility index (Phi) is 7.88. The van der Waals surface area contributed by atoms with Crippen LogP contribution < -0.4 is 5.43 Å². The Morgan fingerprint density at radius 3 is 2.30 bits per heavy atom. The Morgan fingerprint density at radius 2 is 1.74 bits per heavy atom. The highest BCUT2D eigenvalue weighted by Gasteiger charge is 2.20. The van der Waals surface area contributed by atoms with Crippen LogP contribution in [-0.2, 0) is 15.9 Å². The summed E-state index contributed by atoms with van der Waals surface area (Å²) in [6.45, 7) is 7.23. The van der Waals surface area contributed by atoms with Gasteiger partial charge in [-0.05, 0) is 45.7 Å². The Labute approximate surface area is 145 Å². The van der Waals surface area contributed by atoms with Crippen molar-refractivity contribution in [3.63, 3.8) is 0 Å². The minimum atomic E-state index is -0.687. The van der Waals surface area contributed by atoms with E-state index in [-0.39, 0.29) is 18.8 Å². The van der Waals surface area contributed by atoms with Crippen LogP contribution in [0.3, 0.4) is 0 Å². The molecule has 0 saturated heterocycles. The quantitative estimate of drug-likeness (QED) is 0.779. The van der Waals surface area contributed by atoms with E-state index in [0.717, 1.165) is 15.0 Å². The highest BCUT2D eigenvalue weighted by atomic mass is 79.9. The van der Waals surface area contributed by atoms with Gasteiger partial charge < -0.3 is 9.47 Å². The standard InChI is InChI=1S/C16H23BrN2O4/c1-11(2)22-15(20)18-19(16(21)23-12(3)4)10-9-13-7-5-6-8-14(13)17/h5-8,11-12H,9-10H2,1-4H3,(H,18,20). The first-order chi connectivity index (χ1) is 10.8. The maximum atomic E-state index is 12.1. The van der Waals surface area contributed by atoms with Crippen molar-refractivity contribution in [2.45, 2.75) is 46.3 Å². The zero-order chi connectivity index (χ0) is 17.4. The van der Waals surface area contributed by atoms with Crippen molar-refractivity contribution in [2.75, 3.05) is 6.54 Å². The molecule has 0 spiro atoms. The maximum absolute atomic E-state index is 12.1. The number of carbonyl (C=O) groups is 2. The largest absolute Gasteiger partial charge is 0.446 e. The number of hydrogen-bond acceptors (Lipinski definition) is 4. The van der Waals surface area contributed by atoms with Crippen molar-refractivity contribution < 1.29 is 19.1 Å². The lowest BCUT2D eigenvalue weighted by atomic mass is 10.1. The summed E-state index contributed by atoms with van der Waals surface area (Å²) in [5, 5.41) is 1.13. The van der Waals surface area contributed by atoms with Gasteiger partial charge in [0.15, 0.2) is 0 Å². The molecule has 128 valence electrons. The highest BCUT2D eigenvalue weighted by Crippen LogP contribution is 2.16. The van der Waals surface area contributed by atoms with E-state index in [1.165, 1.54) is 0 Å². The van der Waals surface area contributed by atoms with Crippen LogP contribution in [0.15, 0.2) is 28.7 Å². The predicted octanol–water partition coefficient (Wildman–Crippen LogP) is 3.89. The number of halogens is 1. The molecule has 0 atom stereocenters. The molecule has 0 heterocycles. The number of hydrazine groups is 1. The molecule has 1 N–H and O–H groups in total. The van der Waals surface area contributed by atoms with Gasteiger partial charge in [0.25, 0.3) is 0 Å². The van der Waals surface area contributed by atoms with E-state index in [1.807, 2.05) is 24.3 Å². The van der Waals surface area contributed by atoms with E-state index >= 15 is 0 Å². The molecule has 0 aliphatic rings. The minimum absolute atomic E-state index is 0.265. The summed E-state index contributed by atoms with van der Waals surface area (Å²) in [5.41, 5.74) is 3.45. The Balaban J connectivity index is 2.72. The number of ether oxygens (including phenoxy) is 2. The molecule has 23 heavy (non-hydrogen) atoms. The van der Waals surface area contributed by atoms with E-state index in [4.69, 9.17) is 9.47 Å². The SMILES string of the molecule is CC(C)OC(=O)NN(CCc1ccccc1Br)C(=O)OC(C)C. The molecule has 1 rings (SSSR count). The molecule has 6 nitrogen and oxygen atoms in total. The van der Waals surface area contributed by atoms with Gasteiger partial charge in [-0.1, -0.05) is 34.1 Å². The van der Waals surface area contributed by atoms with Gasteiger partial charge >= 0.3 is 12.2 Å². The summed E-state index contributed by atoms with van der Waals surface area (Å²) in [6.07, 6.45) is -1.31. The van der Waals surface area contributed by atoms with Crippen LogP contribution in [0.25, 0.3) is 0 Å². The predicted molar refractivity (Wildman–Crippen MR) is 90.9 cm³/mol. The summed E-state index contributed by atoms with van der Waals surface area (Å²) >= 11 is 3.46. The smallest absolute Gasteiger partial charge is 0.429 e. The number of benzene rings is 1. The third-order valence-corrected chi connectivity index (χ3v) is 3.46. The monoisotopic (exact) mass is 386 g/mol. The van der Waals surface area contributed by atoms with Gasteiger partial charge in [0.1, 0.15) is 0 Å². The van der Waals surface area contributed by atoms with Crippen molar-refractivity contribution in [2.24, 2.45) is 0 Å². The number of hydrogen-bond donors (Lipinski definition) is 1. The highest BCUT2D eigenvalue weighted by molar-refractivity contribution is 9.10. The number of rotatable bonds is 5. The van der Waals surface area contributed by atoms with Crippen LogP contribution in [0.2, 0.25) is 0 Å². The van der Waals surface area contributed by atoms with E-state index in [0.29, 0.717) is 6.42 Å². The molecule has 2 amide bonds. The molecule has 0 aliphatic carbocycles. The lowest BCUT2D eigenvalue weighted by molar-refractivity contribution is 0.0475. The summed E-state index contributed by atoms with van der Waals surface area (Å²) in [5.74, 6) is 0. The van der Waals surface area contributed by atoms with Crippen molar-refractivity contribution in [3.05, 3.63) is 34.3 Å². The third-order valence-electron chi connectivity index (χ3n) is 2.69. The number of amides is 2. The van der Waals surface area contributed by atoms with Crippen LogP contribution in [0.5, 0.6) is 0 Å². The lowest BCUT2D eigenvalue weighted by Crippen LogP contribution is -2.48. The van der Waals surface area contributed by atoms with Crippen LogP contribution in [-0.4, -0.2) is 35.9 Å². The Morgan fingerprint density at radius 1 is 1.13 bits per heavy atom. The summed E-state index contributed by atoms with van der Waals surface area (Å²) in [4.78, 5) is 23.8. The minimum Gasteiger partial charge on any atom is -0.446 e. The van der Waals surface area contributed by atoms with Crippen LogP contribution >= 0.6 is 15.9 Å². The van der Waals surface area contributed by atoms with Gasteiger partial charge in [0, 0.05) is 4.47 Å². The number of nitrogens with one attached hydrogen (secondary N) is 1. The molecule has 0 radical (unpaired) electrons. The third kappa shape index (κ3) is 7.36. The van der Waals surface area contributed by atoms with E-state index < -0.39 is 12.2 Å². The van der Waals surface area contributed by atoms with Gasteiger partial charge in [0.2, 0.25) is 0 Å². The molecule has 0 fully saturated rings. The Bertz CT molecular complexity index is 535. The summed E-state index contributed by atoms with van der Waals surface area (Å²) in [7, 11) is 0. The lowest BCUT2D eigenvalue weighted by Gasteiger charge is -2.24. The fourth-order valence-electron chi connectivity index (χ4n) is 1.74. The average molecular weight is 387 g/mol. The van der Waals surface area contributed by atoms with Gasteiger partial charge in [-0.25, -0.2) is 20.0 Å². The van der Waals surface area contributed by atoms with Crippen molar-refractivity contribution in [1.29, 1.82) is 0 Å². The van der Waals surface area contributed by atoms with Crippen molar-refractivity contribution in [3.8, 4) is 0 Å². The zero-order valence-corrected chi connectivity index (χ0v) is 15.4. The molecule has 7 heteroatoms. The van der Waals surface area contributed by atoms with Gasteiger partial charge in [0.05, 0.1) is 18.8 Å². The van der Waals surface area contributed by atoms with Gasteiger partial charge in [-0.15, -0.1) is 0 Å². The first-order valence-corrected chi connectivity index (χ1v) is 8.27.